The van der Waals surface area contributed by atoms with Gasteiger partial charge in [-0.3, -0.25) is 0 Å². The maximum Gasteiger partial charge on any atom is 0.348 e. The Morgan fingerprint density at radius 1 is 1.19 bits per heavy atom. The molecule has 0 rings (SSSR count). The predicted octanol–water partition coefficient (Wildman–Crippen LogP) is 6.00. The third-order valence-electron chi connectivity index (χ3n) is 2.26. The molecule has 16 heavy (non-hydrogen) atoms. The predicted molar refractivity (Wildman–Crippen MR) is 69.7 cm³/mol. The Morgan fingerprint density at radius 2 is 1.75 bits per heavy atom. The molecule has 0 aliphatic carbocycles. The van der Waals surface area contributed by atoms with Gasteiger partial charge in [-0.2, -0.15) is 8.78 Å². The van der Waals surface area contributed by atoms with Crippen LogP contribution in [0.25, 0.3) is 0 Å². The molecule has 0 saturated heterocycles. The molecule has 0 aromatic rings. The maximum absolute atomic E-state index is 13.4. The van der Waals surface area contributed by atoms with Crippen LogP contribution in [0.1, 0.15) is 45.4 Å². The Balaban J connectivity index is 3.90. The van der Waals surface area contributed by atoms with Gasteiger partial charge in [0.25, 0.3) is 5.13 Å². The molecule has 0 nitrogen and oxygen atoms in total. The van der Waals surface area contributed by atoms with Gasteiger partial charge in [0.15, 0.2) is 0 Å². The molecule has 98 valence electrons. The highest BCUT2D eigenvalue weighted by atomic mass is 79.9. The van der Waals surface area contributed by atoms with Crippen LogP contribution >= 0.6 is 43.5 Å². The summed E-state index contributed by atoms with van der Waals surface area (Å²) in [5, 5.41) is -3.04. The second kappa shape index (κ2) is 7.47. The van der Waals surface area contributed by atoms with Crippen molar-refractivity contribution in [3.05, 3.63) is 0 Å². The summed E-state index contributed by atoms with van der Waals surface area (Å²) in [4.78, 5) is -4.02. The first-order valence-electron chi connectivity index (χ1n) is 5.29. The van der Waals surface area contributed by atoms with Crippen molar-refractivity contribution >= 4 is 43.5 Å². The van der Waals surface area contributed by atoms with Crippen molar-refractivity contribution in [1.29, 1.82) is 0 Å². The van der Waals surface area contributed by atoms with Crippen LogP contribution in [0.3, 0.4) is 0 Å². The Morgan fingerprint density at radius 3 is 2.19 bits per heavy atom. The molecule has 6 heteroatoms. The lowest BCUT2D eigenvalue weighted by Gasteiger charge is -2.25. The average molecular weight is 388 g/mol. The molecule has 0 N–H and O–H groups in total. The summed E-state index contributed by atoms with van der Waals surface area (Å²) in [5.41, 5.74) is 0. The van der Waals surface area contributed by atoms with Crippen molar-refractivity contribution in [2.75, 3.05) is 0 Å². The van der Waals surface area contributed by atoms with Crippen LogP contribution in [0.2, 0.25) is 0 Å². The topological polar surface area (TPSA) is 0 Å². The van der Waals surface area contributed by atoms with Gasteiger partial charge >= 0.3 is 4.83 Å². The molecule has 0 heterocycles. The zero-order valence-corrected chi connectivity index (χ0v) is 13.0. The summed E-state index contributed by atoms with van der Waals surface area (Å²) in [5.74, 6) is 0. The highest BCUT2D eigenvalue weighted by Crippen LogP contribution is 2.45. The van der Waals surface area contributed by atoms with E-state index in [9.17, 15) is 13.2 Å². The third kappa shape index (κ3) is 6.70. The fraction of sp³-hybridized carbons (Fsp3) is 1.00. The Labute approximate surface area is 117 Å². The summed E-state index contributed by atoms with van der Waals surface area (Å²) < 4.78 is 38.7. The third-order valence-corrected chi connectivity index (χ3v) is 4.29. The summed E-state index contributed by atoms with van der Waals surface area (Å²) in [6.07, 6.45) is 4.38. The molecule has 0 aromatic carbocycles. The molecular weight excluding hydrogens is 372 g/mol. The van der Waals surface area contributed by atoms with Gasteiger partial charge in [-0.05, 0) is 22.4 Å². The summed E-state index contributed by atoms with van der Waals surface area (Å²) in [6, 6.07) is 0. The van der Waals surface area contributed by atoms with Crippen LogP contribution in [-0.4, -0.2) is 14.8 Å². The summed E-state index contributed by atoms with van der Waals surface area (Å²) >= 11 is 10.3. The largest absolute Gasteiger partial charge is 0.348 e. The molecule has 2 atom stereocenters. The number of hydrogen-bond acceptors (Lipinski definition) is 0. The van der Waals surface area contributed by atoms with Crippen LogP contribution in [0.5, 0.6) is 0 Å². The van der Waals surface area contributed by atoms with Crippen LogP contribution in [-0.2, 0) is 0 Å². The van der Waals surface area contributed by atoms with Crippen LogP contribution in [0.15, 0.2) is 0 Å². The molecule has 0 spiro atoms. The van der Waals surface area contributed by atoms with E-state index in [0.717, 1.165) is 25.7 Å². The minimum Gasteiger partial charge on any atom is -0.218 e. The minimum atomic E-state index is -3.70. The fourth-order valence-electron chi connectivity index (χ4n) is 1.29. The number of halogens is 6. The Bertz CT molecular complexity index is 195. The van der Waals surface area contributed by atoms with E-state index < -0.39 is 16.4 Å². The van der Waals surface area contributed by atoms with Crippen molar-refractivity contribution in [2.24, 2.45) is 0 Å². The van der Waals surface area contributed by atoms with Gasteiger partial charge in [0.05, 0.1) is 0 Å². The molecule has 0 aliphatic rings. The molecule has 0 radical (unpaired) electrons. The number of unbranched alkanes of at least 4 members (excludes halogenated alkanes) is 3. The van der Waals surface area contributed by atoms with E-state index in [1.54, 1.807) is 0 Å². The van der Waals surface area contributed by atoms with Crippen LogP contribution in [0, 0.1) is 0 Å². The summed E-state index contributed by atoms with van der Waals surface area (Å²) in [7, 11) is 0. The van der Waals surface area contributed by atoms with Crippen molar-refractivity contribution in [3.8, 4) is 0 Å². The van der Waals surface area contributed by atoms with E-state index in [0.29, 0.717) is 6.42 Å². The minimum absolute atomic E-state index is 0.324. The van der Waals surface area contributed by atoms with E-state index in [-0.39, 0.29) is 4.83 Å². The van der Waals surface area contributed by atoms with Crippen LogP contribution in [0.4, 0.5) is 13.2 Å². The van der Waals surface area contributed by atoms with E-state index in [4.69, 9.17) is 11.6 Å². The van der Waals surface area contributed by atoms with Crippen molar-refractivity contribution in [1.82, 2.24) is 0 Å². The van der Waals surface area contributed by atoms with E-state index in [1.807, 2.05) is 15.9 Å². The molecular formula is C10H16Br2ClF3. The first-order valence-corrected chi connectivity index (χ1v) is 7.38. The molecule has 0 aliphatic heterocycles. The zero-order chi connectivity index (χ0) is 12.8. The number of hydrogen-bond donors (Lipinski definition) is 0. The molecule has 0 unspecified atom stereocenters. The van der Waals surface area contributed by atoms with Crippen LogP contribution < -0.4 is 0 Å². The number of rotatable bonds is 8. The molecule has 0 bridgehead atoms. The van der Waals surface area contributed by atoms with Crippen molar-refractivity contribution in [3.63, 3.8) is 0 Å². The molecule has 0 fully saturated rings. The first kappa shape index (κ1) is 17.0. The Hall–Kier alpha value is 1.04. The standard InChI is InChI=1S/C10H16Br2ClF3/c1-2-3-4-5-6-8(11)7-9(13,14)10(12,15)16/h8H,2-7H2,1H3/t8-,9-/m0/s1. The highest BCUT2D eigenvalue weighted by molar-refractivity contribution is 9.10. The van der Waals surface area contributed by atoms with Gasteiger partial charge in [-0.25, -0.2) is 4.39 Å². The lowest BCUT2D eigenvalue weighted by Crippen LogP contribution is -2.36. The summed E-state index contributed by atoms with van der Waals surface area (Å²) in [6.45, 7) is 2.09. The van der Waals surface area contributed by atoms with E-state index in [2.05, 4.69) is 22.9 Å². The van der Waals surface area contributed by atoms with Gasteiger partial charge in [-0.15, -0.1) is 0 Å². The first-order chi connectivity index (χ1) is 7.20. The highest BCUT2D eigenvalue weighted by Gasteiger charge is 2.52. The number of alkyl halides is 6. The Kier molecular flexibility index (Phi) is 7.95. The lowest BCUT2D eigenvalue weighted by molar-refractivity contribution is -0.00959. The smallest absolute Gasteiger partial charge is 0.218 e. The monoisotopic (exact) mass is 386 g/mol. The van der Waals surface area contributed by atoms with E-state index in [1.165, 1.54) is 0 Å². The van der Waals surface area contributed by atoms with Gasteiger partial charge in [0.1, 0.15) is 0 Å². The molecule has 0 saturated carbocycles. The normalized spacial score (nSPS) is 18.2. The fourth-order valence-corrected chi connectivity index (χ4v) is 2.59. The van der Waals surface area contributed by atoms with Gasteiger partial charge in [-0.1, -0.05) is 60.1 Å². The molecule has 0 aromatic heterocycles. The SMILES string of the molecule is CCCCCC[C@H](Br)C[C@@](F)(Cl)C(F)(F)Br. The second-order valence-electron chi connectivity index (χ2n) is 3.85. The van der Waals surface area contributed by atoms with Crippen molar-refractivity contribution in [2.45, 2.75) is 60.2 Å². The maximum atomic E-state index is 13.4. The lowest BCUT2D eigenvalue weighted by atomic mass is 10.1. The molecule has 0 amide bonds. The van der Waals surface area contributed by atoms with Crippen molar-refractivity contribution < 1.29 is 13.2 Å². The zero-order valence-electron chi connectivity index (χ0n) is 9.09. The van der Waals surface area contributed by atoms with Gasteiger partial charge in [0.2, 0.25) is 0 Å². The van der Waals surface area contributed by atoms with Gasteiger partial charge < -0.3 is 0 Å². The average Bonchev–Trinajstić information content (AvgIpc) is 2.10. The van der Waals surface area contributed by atoms with E-state index >= 15 is 0 Å². The van der Waals surface area contributed by atoms with Gasteiger partial charge in [0, 0.05) is 11.2 Å². The second-order valence-corrected chi connectivity index (χ2v) is 6.74. The quantitative estimate of drug-likeness (QED) is 0.353.